The Kier molecular flexibility index (Phi) is 4.27. The zero-order valence-corrected chi connectivity index (χ0v) is 13.6. The fraction of sp³-hybridized carbons (Fsp3) is 0.421. The van der Waals surface area contributed by atoms with E-state index in [0.29, 0.717) is 5.92 Å². The third-order valence-corrected chi connectivity index (χ3v) is 3.88. The summed E-state index contributed by atoms with van der Waals surface area (Å²) in [6.45, 7) is 11.1. The molecule has 2 rings (SSSR count). The van der Waals surface area contributed by atoms with E-state index in [1.54, 1.807) is 0 Å². The standard InChI is InChI=1S/C19H26N/c1-13(2)9-17-12-20(6)19(11-15(17)4)18-8-7-14(3)10-16(18)5/h7-8,10-13H,9H2,1-6H3/q+1. The van der Waals surface area contributed by atoms with E-state index >= 15 is 0 Å². The molecule has 106 valence electrons. The quantitative estimate of drug-likeness (QED) is 0.731. The van der Waals surface area contributed by atoms with E-state index < -0.39 is 0 Å². The van der Waals surface area contributed by atoms with Gasteiger partial charge in [0, 0.05) is 17.2 Å². The molecular weight excluding hydrogens is 242 g/mol. The first-order chi connectivity index (χ1) is 9.38. The van der Waals surface area contributed by atoms with Crippen LogP contribution in [0.5, 0.6) is 0 Å². The highest BCUT2D eigenvalue weighted by Crippen LogP contribution is 2.23. The average Bonchev–Trinajstić information content (AvgIpc) is 2.33. The van der Waals surface area contributed by atoms with Crippen LogP contribution in [0.2, 0.25) is 0 Å². The van der Waals surface area contributed by atoms with E-state index in [0.717, 1.165) is 6.42 Å². The summed E-state index contributed by atoms with van der Waals surface area (Å²) >= 11 is 0. The second kappa shape index (κ2) is 5.78. The van der Waals surface area contributed by atoms with Gasteiger partial charge in [0.15, 0.2) is 6.20 Å². The lowest BCUT2D eigenvalue weighted by molar-refractivity contribution is -0.660. The monoisotopic (exact) mass is 268 g/mol. The van der Waals surface area contributed by atoms with Gasteiger partial charge < -0.3 is 0 Å². The second-order valence-corrected chi connectivity index (χ2v) is 6.39. The first kappa shape index (κ1) is 14.8. The summed E-state index contributed by atoms with van der Waals surface area (Å²) < 4.78 is 2.27. The Morgan fingerprint density at radius 1 is 1.00 bits per heavy atom. The zero-order chi connectivity index (χ0) is 14.9. The van der Waals surface area contributed by atoms with Gasteiger partial charge in [-0.2, -0.15) is 0 Å². The van der Waals surface area contributed by atoms with Crippen molar-refractivity contribution in [2.45, 2.75) is 41.0 Å². The Hall–Kier alpha value is -1.63. The third kappa shape index (κ3) is 3.09. The van der Waals surface area contributed by atoms with Gasteiger partial charge >= 0.3 is 0 Å². The maximum absolute atomic E-state index is 2.33. The maximum atomic E-state index is 2.33. The molecule has 0 spiro atoms. The Morgan fingerprint density at radius 3 is 2.30 bits per heavy atom. The highest BCUT2D eigenvalue weighted by molar-refractivity contribution is 5.62. The summed E-state index contributed by atoms with van der Waals surface area (Å²) in [6.07, 6.45) is 3.44. The highest BCUT2D eigenvalue weighted by Gasteiger charge is 2.16. The molecule has 0 radical (unpaired) electrons. The Bertz CT molecular complexity index is 624. The van der Waals surface area contributed by atoms with Crippen LogP contribution in [0.3, 0.4) is 0 Å². The Balaban J connectivity index is 2.50. The van der Waals surface area contributed by atoms with Crippen LogP contribution < -0.4 is 4.57 Å². The van der Waals surface area contributed by atoms with Gasteiger partial charge in [0.1, 0.15) is 7.05 Å². The topological polar surface area (TPSA) is 3.88 Å². The molecule has 1 nitrogen and oxygen atoms in total. The molecule has 0 fully saturated rings. The minimum atomic E-state index is 0.695. The number of pyridine rings is 1. The van der Waals surface area contributed by atoms with Crippen LogP contribution in [0.4, 0.5) is 0 Å². The van der Waals surface area contributed by atoms with Crippen LogP contribution in [0, 0.1) is 26.7 Å². The van der Waals surface area contributed by atoms with E-state index in [1.807, 2.05) is 0 Å². The Labute approximate surface area is 123 Å². The molecule has 0 unspecified atom stereocenters. The van der Waals surface area contributed by atoms with Crippen molar-refractivity contribution in [2.24, 2.45) is 13.0 Å². The predicted molar refractivity (Wildman–Crippen MR) is 85.8 cm³/mol. The van der Waals surface area contributed by atoms with E-state index in [9.17, 15) is 0 Å². The van der Waals surface area contributed by atoms with E-state index in [4.69, 9.17) is 0 Å². The number of rotatable bonds is 3. The first-order valence-electron chi connectivity index (χ1n) is 7.45. The molecule has 0 saturated carbocycles. The molecular formula is C19H26N+. The molecule has 1 aromatic carbocycles. The molecule has 0 amide bonds. The van der Waals surface area contributed by atoms with Crippen LogP contribution in [0.25, 0.3) is 11.3 Å². The van der Waals surface area contributed by atoms with Crippen molar-refractivity contribution in [3.05, 3.63) is 52.7 Å². The van der Waals surface area contributed by atoms with E-state index in [-0.39, 0.29) is 0 Å². The number of hydrogen-bond donors (Lipinski definition) is 0. The summed E-state index contributed by atoms with van der Waals surface area (Å²) in [6, 6.07) is 9.02. The number of nitrogens with zero attached hydrogens (tertiary/aromatic N) is 1. The summed E-state index contributed by atoms with van der Waals surface area (Å²) in [5.74, 6) is 0.695. The van der Waals surface area contributed by atoms with Crippen LogP contribution in [-0.2, 0) is 13.5 Å². The fourth-order valence-corrected chi connectivity index (χ4v) is 2.83. The van der Waals surface area contributed by atoms with Crippen LogP contribution in [0.1, 0.15) is 36.1 Å². The van der Waals surface area contributed by atoms with Crippen LogP contribution in [-0.4, -0.2) is 0 Å². The van der Waals surface area contributed by atoms with Crippen molar-refractivity contribution in [3.8, 4) is 11.3 Å². The zero-order valence-electron chi connectivity index (χ0n) is 13.6. The van der Waals surface area contributed by atoms with E-state index in [2.05, 4.69) is 76.7 Å². The molecule has 20 heavy (non-hydrogen) atoms. The summed E-state index contributed by atoms with van der Waals surface area (Å²) in [4.78, 5) is 0. The van der Waals surface area contributed by atoms with Crippen molar-refractivity contribution >= 4 is 0 Å². The van der Waals surface area contributed by atoms with Crippen molar-refractivity contribution in [3.63, 3.8) is 0 Å². The molecule has 0 atom stereocenters. The van der Waals surface area contributed by atoms with Crippen molar-refractivity contribution in [1.82, 2.24) is 0 Å². The number of benzene rings is 1. The molecule has 0 bridgehead atoms. The number of aromatic nitrogens is 1. The molecule has 0 aliphatic rings. The predicted octanol–water partition coefficient (Wildman–Crippen LogP) is 4.30. The third-order valence-electron chi connectivity index (χ3n) is 3.88. The van der Waals surface area contributed by atoms with Gasteiger partial charge in [-0.25, -0.2) is 4.57 Å². The maximum Gasteiger partial charge on any atom is 0.212 e. The fourth-order valence-electron chi connectivity index (χ4n) is 2.83. The number of hydrogen-bond acceptors (Lipinski definition) is 0. The van der Waals surface area contributed by atoms with Gasteiger partial charge in [-0.3, -0.25) is 0 Å². The summed E-state index contributed by atoms with van der Waals surface area (Å²) in [5, 5.41) is 0. The minimum Gasteiger partial charge on any atom is -0.201 e. The van der Waals surface area contributed by atoms with Gasteiger partial charge in [-0.05, 0) is 50.3 Å². The molecule has 1 heteroatoms. The largest absolute Gasteiger partial charge is 0.212 e. The molecule has 0 aliphatic carbocycles. The lowest BCUT2D eigenvalue weighted by Crippen LogP contribution is -2.32. The van der Waals surface area contributed by atoms with E-state index in [1.165, 1.54) is 33.5 Å². The van der Waals surface area contributed by atoms with Gasteiger partial charge in [-0.15, -0.1) is 0 Å². The molecule has 1 aromatic heterocycles. The van der Waals surface area contributed by atoms with Crippen LogP contribution in [0.15, 0.2) is 30.5 Å². The normalized spacial score (nSPS) is 11.2. The van der Waals surface area contributed by atoms with Crippen molar-refractivity contribution in [1.29, 1.82) is 0 Å². The first-order valence-corrected chi connectivity index (χ1v) is 7.45. The molecule has 1 heterocycles. The minimum absolute atomic E-state index is 0.695. The number of aryl methyl sites for hydroxylation is 4. The van der Waals surface area contributed by atoms with Crippen molar-refractivity contribution in [2.75, 3.05) is 0 Å². The lowest BCUT2D eigenvalue weighted by Gasteiger charge is -2.11. The van der Waals surface area contributed by atoms with Gasteiger partial charge in [0.2, 0.25) is 5.69 Å². The van der Waals surface area contributed by atoms with Crippen molar-refractivity contribution < 1.29 is 4.57 Å². The van der Waals surface area contributed by atoms with Crippen LogP contribution >= 0.6 is 0 Å². The lowest BCUT2D eigenvalue weighted by atomic mass is 9.97. The highest BCUT2D eigenvalue weighted by atomic mass is 14.9. The molecule has 0 aliphatic heterocycles. The molecule has 2 aromatic rings. The second-order valence-electron chi connectivity index (χ2n) is 6.39. The molecule has 0 N–H and O–H groups in total. The smallest absolute Gasteiger partial charge is 0.201 e. The SMILES string of the molecule is Cc1ccc(-c2cc(C)c(CC(C)C)c[n+]2C)c(C)c1. The summed E-state index contributed by atoms with van der Waals surface area (Å²) in [7, 11) is 2.15. The Morgan fingerprint density at radius 2 is 1.70 bits per heavy atom. The summed E-state index contributed by atoms with van der Waals surface area (Å²) in [5.41, 5.74) is 8.14. The van der Waals surface area contributed by atoms with Gasteiger partial charge in [-0.1, -0.05) is 31.5 Å². The van der Waals surface area contributed by atoms with Gasteiger partial charge in [0.05, 0.1) is 0 Å². The van der Waals surface area contributed by atoms with Gasteiger partial charge in [0.25, 0.3) is 0 Å². The average molecular weight is 268 g/mol. The molecule has 0 saturated heterocycles.